The second kappa shape index (κ2) is 24.4. The topological polar surface area (TPSA) is 253 Å². The molecule has 2 aliphatic carbocycles. The maximum Gasteiger partial charge on any atom is 0.408 e. The molecule has 0 spiro atoms. The predicted molar refractivity (Wildman–Crippen MR) is 258 cm³/mol. The average Bonchev–Trinajstić information content (AvgIpc) is 3.78. The second-order valence-electron chi connectivity index (χ2n) is 19.2. The SMILES string of the molecule is COC(=O)C(CC1CCCCC1)C[PH](=O)OC(CC1CCCCC1)NC(=O)[C@H](Cc1cn(-c2ccc([N+](=O)[O-])cc2[N+](=O)[O-])cn1)NC(=O)C(Cc1cccc2ccccc12)NC(=O)OC(C)(C)C. The molecule has 4 aromatic rings. The van der Waals surface area contributed by atoms with E-state index < -0.39 is 83.0 Å². The number of nitrogens with zero attached hydrogens (tertiary/aromatic N) is 4. The van der Waals surface area contributed by atoms with Crippen molar-refractivity contribution in [1.29, 1.82) is 0 Å². The fourth-order valence-electron chi connectivity index (χ4n) is 9.41. The molecule has 2 aliphatic rings. The minimum atomic E-state index is -2.96. The lowest BCUT2D eigenvalue weighted by Gasteiger charge is -2.30. The van der Waals surface area contributed by atoms with Crippen LogP contribution in [0.5, 0.6) is 0 Å². The smallest absolute Gasteiger partial charge is 0.408 e. The first-order valence-corrected chi connectivity index (χ1v) is 25.3. The van der Waals surface area contributed by atoms with Gasteiger partial charge in [0.25, 0.3) is 11.4 Å². The summed E-state index contributed by atoms with van der Waals surface area (Å²) in [6.45, 7) is 5.05. The number of aromatic nitrogens is 2. The summed E-state index contributed by atoms with van der Waals surface area (Å²) in [5, 5.41) is 33.7. The summed E-state index contributed by atoms with van der Waals surface area (Å²) in [5.41, 5.74) is -1.07. The molecule has 0 aliphatic heterocycles. The van der Waals surface area contributed by atoms with Gasteiger partial charge in [-0.2, -0.15) is 0 Å². The van der Waals surface area contributed by atoms with Crippen molar-refractivity contribution in [3.8, 4) is 5.69 Å². The molecule has 1 aromatic heterocycles. The molecular weight excluding hydrogens is 910 g/mol. The normalized spacial score (nSPS) is 16.9. The van der Waals surface area contributed by atoms with Crippen molar-refractivity contribution >= 4 is 54.1 Å². The highest BCUT2D eigenvalue weighted by Gasteiger charge is 2.34. The number of non-ortho nitro benzene ring substituents is 1. The molecule has 0 bridgehead atoms. The van der Waals surface area contributed by atoms with Crippen molar-refractivity contribution in [2.45, 2.75) is 135 Å². The van der Waals surface area contributed by atoms with E-state index in [0.29, 0.717) is 18.8 Å². The lowest BCUT2D eigenvalue weighted by atomic mass is 9.83. The van der Waals surface area contributed by atoms with Crippen LogP contribution in [-0.4, -0.2) is 80.5 Å². The van der Waals surface area contributed by atoms with Crippen LogP contribution in [0.3, 0.4) is 0 Å². The van der Waals surface area contributed by atoms with E-state index in [4.69, 9.17) is 14.0 Å². The van der Waals surface area contributed by atoms with Crippen molar-refractivity contribution in [3.63, 3.8) is 0 Å². The van der Waals surface area contributed by atoms with Crippen molar-refractivity contribution in [3.05, 3.63) is 105 Å². The first kappa shape index (κ1) is 52.2. The van der Waals surface area contributed by atoms with Crippen LogP contribution >= 0.6 is 8.03 Å². The van der Waals surface area contributed by atoms with Gasteiger partial charge in [-0.1, -0.05) is 107 Å². The fraction of sp³-hybridized carbons (Fsp3) is 0.531. The number of amides is 3. The number of nitrogens with one attached hydrogen (secondary N) is 3. The van der Waals surface area contributed by atoms with Gasteiger partial charge in [0.2, 0.25) is 11.8 Å². The number of ether oxygens (including phenoxy) is 2. The summed E-state index contributed by atoms with van der Waals surface area (Å²) in [5.74, 6) is -2.18. The Morgan fingerprint density at radius 2 is 1.45 bits per heavy atom. The molecule has 3 N–H and O–H groups in total. The Labute approximate surface area is 402 Å². The molecule has 3 aromatic carbocycles. The van der Waals surface area contributed by atoms with Crippen LogP contribution in [0.1, 0.15) is 109 Å². The van der Waals surface area contributed by atoms with Gasteiger partial charge in [-0.25, -0.2) is 9.78 Å². The maximum atomic E-state index is 14.8. The number of rotatable bonds is 21. The number of esters is 1. The van der Waals surface area contributed by atoms with Gasteiger partial charge in [0.1, 0.15) is 29.6 Å². The molecule has 6 rings (SSSR count). The molecular formula is C49H64N7O12P. The molecule has 3 amide bonds. The van der Waals surface area contributed by atoms with E-state index >= 15 is 0 Å². The number of benzene rings is 3. The largest absolute Gasteiger partial charge is 0.469 e. The number of nitro groups is 2. The van der Waals surface area contributed by atoms with Gasteiger partial charge in [0.05, 0.1) is 41.0 Å². The fourth-order valence-corrected chi connectivity index (χ4v) is 10.7. The van der Waals surface area contributed by atoms with E-state index in [9.17, 15) is 44.0 Å². The van der Waals surface area contributed by atoms with E-state index in [1.807, 2.05) is 42.5 Å². The Morgan fingerprint density at radius 3 is 2.10 bits per heavy atom. The quantitative estimate of drug-likeness (QED) is 0.0233. The molecule has 2 saturated carbocycles. The summed E-state index contributed by atoms with van der Waals surface area (Å²) in [7, 11) is -1.65. The number of hydrogen-bond donors (Lipinski definition) is 3. The van der Waals surface area contributed by atoms with Gasteiger partial charge in [0, 0.05) is 31.3 Å². The molecule has 2 fully saturated rings. The number of carbonyl (C=O) groups excluding carboxylic acids is 4. The Balaban J connectivity index is 1.31. The van der Waals surface area contributed by atoms with Gasteiger partial charge in [-0.15, -0.1) is 0 Å². The predicted octanol–water partition coefficient (Wildman–Crippen LogP) is 8.67. The van der Waals surface area contributed by atoms with Gasteiger partial charge in [-0.05, 0) is 67.9 Å². The molecule has 5 atom stereocenters. The van der Waals surface area contributed by atoms with Crippen molar-refractivity contribution in [1.82, 2.24) is 25.5 Å². The number of alkyl carbamates (subject to hydrolysis) is 1. The maximum absolute atomic E-state index is 14.8. The zero-order chi connectivity index (χ0) is 49.7. The van der Waals surface area contributed by atoms with Crippen LogP contribution in [-0.2, 0) is 45.8 Å². The third-order valence-electron chi connectivity index (χ3n) is 12.8. The van der Waals surface area contributed by atoms with Crippen LogP contribution in [0.25, 0.3) is 16.5 Å². The Morgan fingerprint density at radius 1 is 0.812 bits per heavy atom. The number of carbonyl (C=O) groups is 4. The molecule has 20 heteroatoms. The van der Waals surface area contributed by atoms with Crippen LogP contribution in [0.15, 0.2) is 73.2 Å². The third kappa shape index (κ3) is 15.4. The van der Waals surface area contributed by atoms with Crippen LogP contribution < -0.4 is 16.0 Å². The van der Waals surface area contributed by atoms with E-state index in [-0.39, 0.29) is 36.3 Å². The molecule has 0 radical (unpaired) electrons. The molecule has 0 saturated heterocycles. The first-order chi connectivity index (χ1) is 33.0. The zero-order valence-corrected chi connectivity index (χ0v) is 40.7. The monoisotopic (exact) mass is 973 g/mol. The molecule has 4 unspecified atom stereocenters. The number of methoxy groups -OCH3 is 1. The Hall–Kier alpha value is -6.20. The number of fused-ring (bicyclic) bond motifs is 1. The minimum absolute atomic E-state index is 0.00316. The van der Waals surface area contributed by atoms with Crippen molar-refractivity contribution in [2.75, 3.05) is 13.3 Å². The molecule has 19 nitrogen and oxygen atoms in total. The van der Waals surface area contributed by atoms with E-state index in [1.54, 1.807) is 20.8 Å². The number of nitro benzene ring substituents is 2. The van der Waals surface area contributed by atoms with E-state index in [0.717, 1.165) is 92.7 Å². The third-order valence-corrected chi connectivity index (χ3v) is 14.2. The lowest BCUT2D eigenvalue weighted by molar-refractivity contribution is -0.394. The van der Waals surface area contributed by atoms with Gasteiger partial charge in [-0.3, -0.25) is 43.7 Å². The average molecular weight is 974 g/mol. The van der Waals surface area contributed by atoms with Gasteiger partial charge < -0.3 is 29.9 Å². The highest BCUT2D eigenvalue weighted by atomic mass is 31.1. The van der Waals surface area contributed by atoms with E-state index in [1.165, 1.54) is 30.3 Å². The van der Waals surface area contributed by atoms with Crippen molar-refractivity contribution < 1.29 is 47.6 Å². The van der Waals surface area contributed by atoms with Crippen LogP contribution in [0.4, 0.5) is 16.2 Å². The summed E-state index contributed by atoms with van der Waals surface area (Å²) in [6.07, 6.45) is 11.1. The van der Waals surface area contributed by atoms with Crippen LogP contribution in [0, 0.1) is 38.0 Å². The summed E-state index contributed by atoms with van der Waals surface area (Å²) in [6, 6.07) is 13.6. The summed E-state index contributed by atoms with van der Waals surface area (Å²) in [4.78, 5) is 82.2. The summed E-state index contributed by atoms with van der Waals surface area (Å²) < 4.78 is 32.2. The standard InChI is InChI=1S/C49H64N7O12P/c1-49(2,3)67-48(60)52-40(26-35-20-13-19-34-18-11-12-21-39(34)35)45(57)51-41(27-37-29-54(31-50-37)42-23-22-38(55(61)62)28-43(42)56(63)64)46(58)53-44(25-33-16-9-6-10-17-33)68-69(65)30-36(47(59)66-4)24-32-14-7-5-8-15-32/h11-13,18-23,28-29,31-33,36,40-41,44,69H,5-10,14-17,24-27,30H2,1-4H3,(H,51,57)(H,52,60)(H,53,58)/t36?,40?,41-,44?/m0/s1. The summed E-state index contributed by atoms with van der Waals surface area (Å²) >= 11 is 0. The van der Waals surface area contributed by atoms with Crippen LogP contribution in [0.2, 0.25) is 0 Å². The second-order valence-corrected chi connectivity index (χ2v) is 20.5. The molecule has 1 heterocycles. The van der Waals surface area contributed by atoms with Gasteiger partial charge >= 0.3 is 12.1 Å². The zero-order valence-electron chi connectivity index (χ0n) is 39.7. The molecule has 372 valence electrons. The highest BCUT2D eigenvalue weighted by molar-refractivity contribution is 7.39. The van der Waals surface area contributed by atoms with Gasteiger partial charge in [0.15, 0.2) is 8.03 Å². The van der Waals surface area contributed by atoms with Crippen molar-refractivity contribution in [2.24, 2.45) is 17.8 Å². The first-order valence-electron chi connectivity index (χ1n) is 23.8. The lowest BCUT2D eigenvalue weighted by Crippen LogP contribution is -2.56. The Bertz CT molecular complexity index is 2470. The molecule has 69 heavy (non-hydrogen) atoms. The number of imidazole rings is 1. The highest BCUT2D eigenvalue weighted by Crippen LogP contribution is 2.37. The Kier molecular flexibility index (Phi) is 18.4. The number of hydrogen-bond acceptors (Lipinski definition) is 13. The van der Waals surface area contributed by atoms with E-state index in [2.05, 4.69) is 20.9 Å². The minimum Gasteiger partial charge on any atom is -0.469 e.